The van der Waals surface area contributed by atoms with E-state index in [1.54, 1.807) is 33.8 Å². The second-order valence-corrected chi connectivity index (χ2v) is 6.73. The molecule has 0 spiro atoms. The number of hydrogen-bond donors (Lipinski definition) is 1. The number of alkyl halides is 3. The Morgan fingerprint density at radius 1 is 1.22 bits per heavy atom. The van der Waals surface area contributed by atoms with E-state index in [1.165, 1.54) is 6.07 Å². The molecule has 0 saturated carbocycles. The number of esters is 1. The molecule has 1 rings (SSSR count). The second kappa shape index (κ2) is 7.34. The standard InChI is InChI=1S/C17H24F3NO2/c1-11(21-12(2)15(22)23-16(3,4)5)9-13-7-6-8-14(10-13)17(18,19)20/h6-8,10-12,21H,9H2,1-5H3/t11-,12-/m0/s1. The Balaban J connectivity index is 2.63. The van der Waals surface area contributed by atoms with Crippen LogP contribution in [0.4, 0.5) is 13.2 Å². The fraction of sp³-hybridized carbons (Fsp3) is 0.588. The predicted molar refractivity (Wildman–Crippen MR) is 83.1 cm³/mol. The maximum Gasteiger partial charge on any atom is 0.416 e. The molecule has 130 valence electrons. The van der Waals surface area contributed by atoms with Crippen LogP contribution in [0.25, 0.3) is 0 Å². The molecule has 0 saturated heterocycles. The largest absolute Gasteiger partial charge is 0.459 e. The fourth-order valence-electron chi connectivity index (χ4n) is 2.17. The van der Waals surface area contributed by atoms with Crippen molar-refractivity contribution in [1.82, 2.24) is 5.32 Å². The lowest BCUT2D eigenvalue weighted by molar-refractivity contribution is -0.157. The summed E-state index contributed by atoms with van der Waals surface area (Å²) in [5.74, 6) is -0.381. The Bertz CT molecular complexity index is 535. The van der Waals surface area contributed by atoms with Crippen LogP contribution >= 0.6 is 0 Å². The lowest BCUT2D eigenvalue weighted by Crippen LogP contribution is -2.44. The van der Waals surface area contributed by atoms with Crippen LogP contribution in [0, 0.1) is 0 Å². The number of ether oxygens (including phenoxy) is 1. The van der Waals surface area contributed by atoms with Crippen LogP contribution in [0.2, 0.25) is 0 Å². The highest BCUT2D eigenvalue weighted by Crippen LogP contribution is 2.29. The molecule has 6 heteroatoms. The summed E-state index contributed by atoms with van der Waals surface area (Å²) >= 11 is 0. The Hall–Kier alpha value is -1.56. The lowest BCUT2D eigenvalue weighted by Gasteiger charge is -2.24. The van der Waals surface area contributed by atoms with Crippen molar-refractivity contribution < 1.29 is 22.7 Å². The summed E-state index contributed by atoms with van der Waals surface area (Å²) < 4.78 is 43.4. The Labute approximate surface area is 135 Å². The van der Waals surface area contributed by atoms with E-state index >= 15 is 0 Å². The summed E-state index contributed by atoms with van der Waals surface area (Å²) in [4.78, 5) is 11.9. The minimum absolute atomic E-state index is 0.166. The van der Waals surface area contributed by atoms with Crippen LogP contribution in [0.5, 0.6) is 0 Å². The van der Waals surface area contributed by atoms with E-state index in [2.05, 4.69) is 5.32 Å². The van der Waals surface area contributed by atoms with Crippen molar-refractivity contribution in [2.24, 2.45) is 0 Å². The molecule has 23 heavy (non-hydrogen) atoms. The van der Waals surface area contributed by atoms with Crippen molar-refractivity contribution in [3.8, 4) is 0 Å². The van der Waals surface area contributed by atoms with E-state index in [-0.39, 0.29) is 12.0 Å². The van der Waals surface area contributed by atoms with Gasteiger partial charge in [0.15, 0.2) is 0 Å². The normalized spacial score (nSPS) is 15.1. The molecule has 0 aliphatic rings. The fourth-order valence-corrected chi connectivity index (χ4v) is 2.17. The summed E-state index contributed by atoms with van der Waals surface area (Å²) in [7, 11) is 0. The maximum atomic E-state index is 12.7. The number of carbonyl (C=O) groups excluding carboxylic acids is 1. The van der Waals surface area contributed by atoms with Gasteiger partial charge in [0.1, 0.15) is 11.6 Å². The summed E-state index contributed by atoms with van der Waals surface area (Å²) in [6.07, 6.45) is -3.96. The average molecular weight is 331 g/mol. The smallest absolute Gasteiger partial charge is 0.416 e. The zero-order valence-electron chi connectivity index (χ0n) is 14.1. The van der Waals surface area contributed by atoms with Gasteiger partial charge in [-0.25, -0.2) is 0 Å². The maximum absolute atomic E-state index is 12.7. The van der Waals surface area contributed by atoms with Crippen molar-refractivity contribution in [3.05, 3.63) is 35.4 Å². The minimum atomic E-state index is -4.35. The summed E-state index contributed by atoms with van der Waals surface area (Å²) in [5.41, 5.74) is -0.671. The first-order valence-corrected chi connectivity index (χ1v) is 7.53. The third-order valence-corrected chi connectivity index (χ3v) is 3.09. The topological polar surface area (TPSA) is 38.3 Å². The molecule has 3 nitrogen and oxygen atoms in total. The van der Waals surface area contributed by atoms with E-state index in [0.29, 0.717) is 12.0 Å². The first kappa shape index (κ1) is 19.5. The first-order chi connectivity index (χ1) is 10.4. The van der Waals surface area contributed by atoms with Crippen molar-refractivity contribution in [2.75, 3.05) is 0 Å². The van der Waals surface area contributed by atoms with Crippen molar-refractivity contribution in [3.63, 3.8) is 0 Å². The molecule has 2 atom stereocenters. The van der Waals surface area contributed by atoms with Crippen molar-refractivity contribution in [1.29, 1.82) is 0 Å². The summed E-state index contributed by atoms with van der Waals surface area (Å²) in [6.45, 7) is 8.84. The van der Waals surface area contributed by atoms with E-state index in [1.807, 2.05) is 6.92 Å². The van der Waals surface area contributed by atoms with Crippen LogP contribution < -0.4 is 5.32 Å². The predicted octanol–water partition coefficient (Wildman–Crippen LogP) is 3.96. The average Bonchev–Trinajstić information content (AvgIpc) is 2.35. The van der Waals surface area contributed by atoms with Gasteiger partial charge in [-0.1, -0.05) is 18.2 Å². The number of nitrogens with one attached hydrogen (secondary N) is 1. The number of benzene rings is 1. The van der Waals surface area contributed by atoms with Gasteiger partial charge in [-0.3, -0.25) is 4.79 Å². The molecule has 0 fully saturated rings. The third kappa shape index (κ3) is 7.03. The molecule has 0 radical (unpaired) electrons. The molecule has 1 N–H and O–H groups in total. The number of carbonyl (C=O) groups is 1. The van der Waals surface area contributed by atoms with E-state index < -0.39 is 23.4 Å². The molecule has 0 heterocycles. The number of hydrogen-bond acceptors (Lipinski definition) is 3. The zero-order chi connectivity index (χ0) is 17.8. The zero-order valence-corrected chi connectivity index (χ0v) is 14.1. The highest BCUT2D eigenvalue weighted by atomic mass is 19.4. The van der Waals surface area contributed by atoms with Gasteiger partial charge in [0.05, 0.1) is 5.56 Å². The highest BCUT2D eigenvalue weighted by Gasteiger charge is 2.30. The van der Waals surface area contributed by atoms with Crippen LogP contribution in [0.1, 0.15) is 45.7 Å². The first-order valence-electron chi connectivity index (χ1n) is 7.53. The third-order valence-electron chi connectivity index (χ3n) is 3.09. The van der Waals surface area contributed by atoms with Gasteiger partial charge in [-0.05, 0) is 52.7 Å². The van der Waals surface area contributed by atoms with Gasteiger partial charge in [-0.15, -0.1) is 0 Å². The van der Waals surface area contributed by atoms with E-state index in [9.17, 15) is 18.0 Å². The Morgan fingerprint density at radius 2 is 1.83 bits per heavy atom. The summed E-state index contributed by atoms with van der Waals surface area (Å²) in [6, 6.07) is 4.52. The van der Waals surface area contributed by atoms with Gasteiger partial charge < -0.3 is 10.1 Å². The van der Waals surface area contributed by atoms with Crippen molar-refractivity contribution in [2.45, 2.75) is 64.9 Å². The molecular weight excluding hydrogens is 307 g/mol. The molecular formula is C17H24F3NO2. The van der Waals surface area contributed by atoms with Gasteiger partial charge in [0.2, 0.25) is 0 Å². The van der Waals surface area contributed by atoms with Crippen molar-refractivity contribution >= 4 is 5.97 Å². The van der Waals surface area contributed by atoms with Gasteiger partial charge in [-0.2, -0.15) is 13.2 Å². The molecule has 0 amide bonds. The van der Waals surface area contributed by atoms with Gasteiger partial charge >= 0.3 is 12.1 Å². The van der Waals surface area contributed by atoms with Crippen LogP contribution in [0.3, 0.4) is 0 Å². The quantitative estimate of drug-likeness (QED) is 0.830. The monoisotopic (exact) mass is 331 g/mol. The van der Waals surface area contributed by atoms with E-state index in [0.717, 1.165) is 12.1 Å². The second-order valence-electron chi connectivity index (χ2n) is 6.73. The highest BCUT2D eigenvalue weighted by molar-refractivity contribution is 5.75. The van der Waals surface area contributed by atoms with Crippen LogP contribution in [0.15, 0.2) is 24.3 Å². The minimum Gasteiger partial charge on any atom is -0.459 e. The lowest BCUT2D eigenvalue weighted by atomic mass is 10.0. The van der Waals surface area contributed by atoms with Gasteiger partial charge in [0.25, 0.3) is 0 Å². The molecule has 1 aromatic rings. The molecule has 0 unspecified atom stereocenters. The Kier molecular flexibility index (Phi) is 6.22. The number of rotatable bonds is 5. The summed E-state index contributed by atoms with van der Waals surface area (Å²) in [5, 5.41) is 3.05. The van der Waals surface area contributed by atoms with Gasteiger partial charge in [0, 0.05) is 6.04 Å². The molecule has 0 aliphatic heterocycles. The molecule has 1 aromatic carbocycles. The number of halogens is 3. The SMILES string of the molecule is C[C@H](N[C@@H](C)Cc1cccc(C(F)(F)F)c1)C(=O)OC(C)(C)C. The van der Waals surface area contributed by atoms with E-state index in [4.69, 9.17) is 4.74 Å². The molecule has 0 aliphatic carbocycles. The Morgan fingerprint density at radius 3 is 2.35 bits per heavy atom. The molecule has 0 aromatic heterocycles. The van der Waals surface area contributed by atoms with Crippen LogP contribution in [-0.4, -0.2) is 23.7 Å². The molecule has 0 bridgehead atoms. The van der Waals surface area contributed by atoms with Crippen LogP contribution in [-0.2, 0) is 22.1 Å².